The smallest absolute Gasteiger partial charge is 0.377 e. The van der Waals surface area contributed by atoms with Crippen LogP contribution in [0.1, 0.15) is 52.4 Å². The fraction of sp³-hybridized carbons (Fsp3) is 0.882. The molecule has 4 aliphatic carbocycles. The van der Waals surface area contributed by atoms with E-state index in [1.165, 1.54) is 6.42 Å². The molecule has 0 spiro atoms. The Morgan fingerprint density at radius 2 is 1.61 bits per heavy atom. The minimum atomic E-state index is -3.59. The summed E-state index contributed by atoms with van der Waals surface area (Å²) >= 11 is 0. The van der Waals surface area contributed by atoms with Crippen molar-refractivity contribution in [3.8, 4) is 0 Å². The van der Waals surface area contributed by atoms with Gasteiger partial charge in [0.15, 0.2) is 6.61 Å². The second-order valence-electron chi connectivity index (χ2n) is 7.55. The van der Waals surface area contributed by atoms with Crippen LogP contribution in [-0.2, 0) is 19.1 Å². The highest BCUT2D eigenvalue weighted by atomic mass is 19.3. The van der Waals surface area contributed by atoms with E-state index in [0.717, 1.165) is 43.9 Å². The molecule has 6 heteroatoms. The molecule has 0 aromatic rings. The van der Waals surface area contributed by atoms with E-state index in [1.54, 1.807) is 0 Å². The first-order valence-corrected chi connectivity index (χ1v) is 8.51. The third-order valence-electron chi connectivity index (χ3n) is 6.06. The lowest BCUT2D eigenvalue weighted by molar-refractivity contribution is -0.215. The Labute approximate surface area is 134 Å². The monoisotopic (exact) mass is 330 g/mol. The van der Waals surface area contributed by atoms with Gasteiger partial charge in [-0.1, -0.05) is 6.92 Å². The molecule has 0 heterocycles. The summed E-state index contributed by atoms with van der Waals surface area (Å²) in [5, 5.41) is 0. The maximum absolute atomic E-state index is 12.8. The molecule has 0 amide bonds. The molecule has 130 valence electrons. The van der Waals surface area contributed by atoms with Crippen LogP contribution in [0.15, 0.2) is 0 Å². The van der Waals surface area contributed by atoms with Gasteiger partial charge in [0.2, 0.25) is 0 Å². The van der Waals surface area contributed by atoms with E-state index < -0.39 is 30.1 Å². The highest BCUT2D eigenvalue weighted by Crippen LogP contribution is 2.60. The van der Waals surface area contributed by atoms with Crippen molar-refractivity contribution in [1.82, 2.24) is 0 Å². The van der Waals surface area contributed by atoms with Gasteiger partial charge in [0.1, 0.15) is 5.60 Å². The van der Waals surface area contributed by atoms with Crippen LogP contribution < -0.4 is 0 Å². The summed E-state index contributed by atoms with van der Waals surface area (Å²) in [6.45, 7) is 1.73. The van der Waals surface area contributed by atoms with E-state index in [0.29, 0.717) is 18.8 Å². The number of esters is 2. The Morgan fingerprint density at radius 1 is 1.09 bits per heavy atom. The van der Waals surface area contributed by atoms with Crippen LogP contribution in [0.3, 0.4) is 0 Å². The first kappa shape index (κ1) is 16.7. The van der Waals surface area contributed by atoms with Crippen molar-refractivity contribution in [2.45, 2.75) is 63.9 Å². The molecule has 4 saturated carbocycles. The van der Waals surface area contributed by atoms with Gasteiger partial charge in [-0.25, -0.2) is 9.59 Å². The maximum Gasteiger partial charge on any atom is 0.377 e. The van der Waals surface area contributed by atoms with Gasteiger partial charge >= 0.3 is 17.9 Å². The molecule has 0 saturated heterocycles. The molecule has 0 N–H and O–H groups in total. The molecule has 4 aliphatic rings. The quantitative estimate of drug-likeness (QED) is 0.726. The lowest BCUT2D eigenvalue weighted by Crippen LogP contribution is -2.59. The summed E-state index contributed by atoms with van der Waals surface area (Å²) in [6.07, 6.45) is 6.36. The van der Waals surface area contributed by atoms with Crippen LogP contribution in [-0.4, -0.2) is 30.1 Å². The Morgan fingerprint density at radius 3 is 2.04 bits per heavy atom. The average Bonchev–Trinajstić information content (AvgIpc) is 2.47. The number of halogens is 2. The van der Waals surface area contributed by atoms with Crippen molar-refractivity contribution < 1.29 is 27.8 Å². The number of alkyl halides is 2. The standard InChI is InChI=1S/C17H24F2O4/c1-3-17(23-14(20)9-22-15(21)16(2,18)19)12-5-10-4-11(7-12)8-13(17)6-10/h10-13H,3-9H2,1-2H3. The summed E-state index contributed by atoms with van der Waals surface area (Å²) < 4.78 is 35.7. The zero-order valence-corrected chi connectivity index (χ0v) is 13.6. The van der Waals surface area contributed by atoms with E-state index in [9.17, 15) is 18.4 Å². The maximum atomic E-state index is 12.8. The highest BCUT2D eigenvalue weighted by molar-refractivity contribution is 5.80. The topological polar surface area (TPSA) is 52.6 Å². The van der Waals surface area contributed by atoms with Crippen LogP contribution >= 0.6 is 0 Å². The lowest BCUT2D eigenvalue weighted by Gasteiger charge is -2.60. The Balaban J connectivity index is 1.63. The molecule has 4 nitrogen and oxygen atoms in total. The Bertz CT molecular complexity index is 469. The van der Waals surface area contributed by atoms with Gasteiger partial charge in [-0.3, -0.25) is 0 Å². The molecule has 4 bridgehead atoms. The third kappa shape index (κ3) is 2.96. The largest absolute Gasteiger partial charge is 0.456 e. The zero-order valence-electron chi connectivity index (χ0n) is 13.6. The predicted octanol–water partition coefficient (Wildman–Crippen LogP) is 3.33. The van der Waals surface area contributed by atoms with Crippen molar-refractivity contribution in [2.75, 3.05) is 6.61 Å². The van der Waals surface area contributed by atoms with Crippen molar-refractivity contribution in [2.24, 2.45) is 23.7 Å². The van der Waals surface area contributed by atoms with E-state index in [2.05, 4.69) is 4.74 Å². The number of carbonyl (C=O) groups excluding carboxylic acids is 2. The van der Waals surface area contributed by atoms with Crippen molar-refractivity contribution in [3.05, 3.63) is 0 Å². The number of hydrogen-bond acceptors (Lipinski definition) is 4. The molecule has 0 atom stereocenters. The van der Waals surface area contributed by atoms with Gasteiger partial charge in [0, 0.05) is 6.92 Å². The summed E-state index contributed by atoms with van der Waals surface area (Å²) in [7, 11) is 0. The zero-order chi connectivity index (χ0) is 16.8. The summed E-state index contributed by atoms with van der Waals surface area (Å²) in [5.74, 6) is -3.79. The first-order valence-electron chi connectivity index (χ1n) is 8.51. The molecule has 0 aliphatic heterocycles. The van der Waals surface area contributed by atoms with Crippen molar-refractivity contribution in [3.63, 3.8) is 0 Å². The van der Waals surface area contributed by atoms with Gasteiger partial charge in [-0.05, 0) is 62.2 Å². The van der Waals surface area contributed by atoms with E-state index in [-0.39, 0.29) is 0 Å². The van der Waals surface area contributed by atoms with Gasteiger partial charge in [0.05, 0.1) is 0 Å². The number of carbonyl (C=O) groups is 2. The summed E-state index contributed by atoms with van der Waals surface area (Å²) in [6, 6.07) is 0. The highest BCUT2D eigenvalue weighted by Gasteiger charge is 2.58. The number of ether oxygens (including phenoxy) is 2. The third-order valence-corrected chi connectivity index (χ3v) is 6.06. The summed E-state index contributed by atoms with van der Waals surface area (Å²) in [5.41, 5.74) is -0.494. The predicted molar refractivity (Wildman–Crippen MR) is 77.7 cm³/mol. The Kier molecular flexibility index (Phi) is 4.13. The van der Waals surface area contributed by atoms with Crippen molar-refractivity contribution in [1.29, 1.82) is 0 Å². The molecule has 23 heavy (non-hydrogen) atoms. The van der Waals surface area contributed by atoms with Crippen LogP contribution in [0.4, 0.5) is 8.78 Å². The van der Waals surface area contributed by atoms with Crippen LogP contribution in [0.2, 0.25) is 0 Å². The first-order chi connectivity index (χ1) is 10.7. The SMILES string of the molecule is CCC1(OC(=O)COC(=O)C(C)(F)F)C2CC3CC(C2)CC1C3. The normalized spacial score (nSPS) is 38.4. The van der Waals surface area contributed by atoms with Gasteiger partial charge in [-0.2, -0.15) is 8.78 Å². The Hall–Kier alpha value is -1.20. The van der Waals surface area contributed by atoms with Crippen LogP contribution in [0, 0.1) is 23.7 Å². The second-order valence-corrected chi connectivity index (χ2v) is 7.55. The van der Waals surface area contributed by atoms with E-state index in [1.807, 2.05) is 6.92 Å². The molecule has 0 aromatic heterocycles. The van der Waals surface area contributed by atoms with Gasteiger partial charge < -0.3 is 9.47 Å². The van der Waals surface area contributed by atoms with Crippen LogP contribution in [0.5, 0.6) is 0 Å². The minimum absolute atomic E-state index is 0.357. The number of rotatable bonds is 5. The van der Waals surface area contributed by atoms with Crippen LogP contribution in [0.25, 0.3) is 0 Å². The lowest BCUT2D eigenvalue weighted by atomic mass is 9.49. The average molecular weight is 330 g/mol. The number of hydrogen-bond donors (Lipinski definition) is 0. The molecular weight excluding hydrogens is 306 g/mol. The molecule has 4 fully saturated rings. The fourth-order valence-corrected chi connectivity index (χ4v) is 5.29. The van der Waals surface area contributed by atoms with Gasteiger partial charge in [0.25, 0.3) is 0 Å². The van der Waals surface area contributed by atoms with Gasteiger partial charge in [-0.15, -0.1) is 0 Å². The van der Waals surface area contributed by atoms with E-state index in [4.69, 9.17) is 4.74 Å². The fourth-order valence-electron chi connectivity index (χ4n) is 5.29. The molecular formula is C17H24F2O4. The second kappa shape index (κ2) is 5.71. The van der Waals surface area contributed by atoms with Crippen molar-refractivity contribution >= 4 is 11.9 Å². The molecule has 4 rings (SSSR count). The molecule has 0 radical (unpaired) electrons. The van der Waals surface area contributed by atoms with E-state index >= 15 is 0 Å². The minimum Gasteiger partial charge on any atom is -0.456 e. The molecule has 0 aromatic carbocycles. The summed E-state index contributed by atoms with van der Waals surface area (Å²) in [4.78, 5) is 23.2. The molecule has 0 unspecified atom stereocenters.